The van der Waals surface area contributed by atoms with Crippen LogP contribution in [0.15, 0.2) is 48.5 Å². The summed E-state index contributed by atoms with van der Waals surface area (Å²) in [6.07, 6.45) is 4.61. The molecule has 2 unspecified atom stereocenters. The summed E-state index contributed by atoms with van der Waals surface area (Å²) in [5.41, 5.74) is 1.79. The summed E-state index contributed by atoms with van der Waals surface area (Å²) in [7, 11) is 1.80. The van der Waals surface area contributed by atoms with Crippen LogP contribution in [0.25, 0.3) is 0 Å². The van der Waals surface area contributed by atoms with Crippen LogP contribution in [0.4, 0.5) is 26.7 Å². The Bertz CT molecular complexity index is 1290. The highest BCUT2D eigenvalue weighted by atomic mass is 16.6. The van der Waals surface area contributed by atoms with Gasteiger partial charge in [0, 0.05) is 43.7 Å². The highest BCUT2D eigenvalue weighted by Gasteiger charge is 2.36. The van der Waals surface area contributed by atoms with Gasteiger partial charge in [-0.25, -0.2) is 9.59 Å². The number of hydrogen-bond donors (Lipinski definition) is 2. The maximum absolute atomic E-state index is 13.3. The third-order valence-corrected chi connectivity index (χ3v) is 8.26. The average Bonchev–Trinajstić information content (AvgIpc) is 3.70. The molecule has 0 aromatic heterocycles. The van der Waals surface area contributed by atoms with E-state index in [4.69, 9.17) is 14.2 Å². The fourth-order valence-corrected chi connectivity index (χ4v) is 5.86. The summed E-state index contributed by atoms with van der Waals surface area (Å²) in [4.78, 5) is 43.9. The van der Waals surface area contributed by atoms with Crippen molar-refractivity contribution in [2.45, 2.75) is 76.7 Å². The first-order chi connectivity index (χ1) is 21.0. The van der Waals surface area contributed by atoms with Crippen LogP contribution < -0.4 is 20.3 Å². The van der Waals surface area contributed by atoms with Crippen LogP contribution in [0.3, 0.4) is 0 Å². The Labute approximate surface area is 259 Å². The normalized spacial score (nSPS) is 20.7. The Morgan fingerprint density at radius 3 is 2.16 bits per heavy atom. The largest absolute Gasteiger partial charge is 0.490 e. The molecule has 2 aliphatic heterocycles. The van der Waals surface area contributed by atoms with E-state index in [0.717, 1.165) is 37.2 Å². The Morgan fingerprint density at radius 1 is 0.886 bits per heavy atom. The van der Waals surface area contributed by atoms with Gasteiger partial charge in [0.25, 0.3) is 5.91 Å². The highest BCUT2D eigenvalue weighted by Crippen LogP contribution is 2.27. The second-order valence-corrected chi connectivity index (χ2v) is 12.8. The smallest absolute Gasteiger partial charge is 0.410 e. The van der Waals surface area contributed by atoms with Crippen LogP contribution >= 0.6 is 0 Å². The van der Waals surface area contributed by atoms with E-state index in [1.807, 2.05) is 69.3 Å². The first kappa shape index (κ1) is 31.4. The fraction of sp³-hybridized carbons (Fsp3) is 0.545. The molecular weight excluding hydrogens is 562 g/mol. The molecule has 1 saturated carbocycles. The van der Waals surface area contributed by atoms with Crippen molar-refractivity contribution in [3.63, 3.8) is 0 Å². The number of morpholine rings is 1. The highest BCUT2D eigenvalue weighted by molar-refractivity contribution is 5.99. The molecule has 2 N–H and O–H groups in total. The van der Waals surface area contributed by atoms with Gasteiger partial charge in [-0.1, -0.05) is 0 Å². The van der Waals surface area contributed by atoms with Crippen LogP contribution in [0, 0.1) is 0 Å². The molecule has 2 aromatic carbocycles. The lowest BCUT2D eigenvalue weighted by Gasteiger charge is -2.36. The van der Waals surface area contributed by atoms with Crippen molar-refractivity contribution < 1.29 is 28.6 Å². The number of nitrogens with one attached hydrogen (secondary N) is 2. The third kappa shape index (κ3) is 8.34. The van der Waals surface area contributed by atoms with E-state index in [2.05, 4.69) is 15.5 Å². The molecule has 4 amide bonds. The van der Waals surface area contributed by atoms with E-state index in [-0.39, 0.29) is 24.5 Å². The zero-order valence-electron chi connectivity index (χ0n) is 26.2. The molecule has 5 rings (SSSR count). The Morgan fingerprint density at radius 2 is 1.52 bits per heavy atom. The van der Waals surface area contributed by atoms with Crippen LogP contribution in [-0.4, -0.2) is 91.5 Å². The molecule has 3 aliphatic rings. The van der Waals surface area contributed by atoms with E-state index in [1.54, 1.807) is 16.8 Å². The topological polar surface area (TPSA) is 113 Å². The molecule has 11 heteroatoms. The quantitative estimate of drug-likeness (QED) is 0.438. The molecule has 11 nitrogen and oxygen atoms in total. The molecule has 1 aliphatic carbocycles. The minimum Gasteiger partial charge on any atom is -0.490 e. The van der Waals surface area contributed by atoms with Gasteiger partial charge in [0.15, 0.2) is 6.10 Å². The van der Waals surface area contributed by atoms with E-state index in [1.165, 1.54) is 12.8 Å². The second-order valence-electron chi connectivity index (χ2n) is 12.8. The first-order valence-electron chi connectivity index (χ1n) is 15.6. The lowest BCUT2D eigenvalue weighted by Crippen LogP contribution is -2.54. The summed E-state index contributed by atoms with van der Waals surface area (Å²) in [5, 5.41) is 5.74. The van der Waals surface area contributed by atoms with Crippen molar-refractivity contribution in [1.29, 1.82) is 0 Å². The van der Waals surface area contributed by atoms with Gasteiger partial charge in [-0.2, -0.15) is 0 Å². The number of urea groups is 1. The first-order valence-corrected chi connectivity index (χ1v) is 15.6. The number of rotatable bonds is 7. The number of likely N-dealkylation sites (N-methyl/N-ethyl adjacent to an activating group) is 1. The van der Waals surface area contributed by atoms with E-state index >= 15 is 0 Å². The second kappa shape index (κ2) is 13.8. The van der Waals surface area contributed by atoms with Crippen molar-refractivity contribution in [2.24, 2.45) is 0 Å². The minimum absolute atomic E-state index is 0.0153. The van der Waals surface area contributed by atoms with Crippen molar-refractivity contribution in [3.8, 4) is 5.75 Å². The molecule has 2 aromatic rings. The summed E-state index contributed by atoms with van der Waals surface area (Å²) >= 11 is 0. The van der Waals surface area contributed by atoms with Gasteiger partial charge in [0.1, 0.15) is 11.4 Å². The number of benzene rings is 2. The van der Waals surface area contributed by atoms with Crippen LogP contribution in [0.1, 0.15) is 52.9 Å². The molecule has 238 valence electrons. The Hall–Kier alpha value is -3.99. The molecule has 2 saturated heterocycles. The van der Waals surface area contributed by atoms with Gasteiger partial charge < -0.3 is 39.5 Å². The van der Waals surface area contributed by atoms with Gasteiger partial charge in [0.2, 0.25) is 0 Å². The zero-order valence-corrected chi connectivity index (χ0v) is 26.2. The SMILES string of the molecule is CN(C(=O)C1CN(C(=O)OC(C)(C)C)CCO1)C1CCN(c2ccc(NC(=O)Nc3ccc(OC4CCCC4)cc3)cc2)C1. The predicted octanol–water partition coefficient (Wildman–Crippen LogP) is 5.33. The van der Waals surface area contributed by atoms with Crippen LogP contribution in [-0.2, 0) is 14.3 Å². The maximum atomic E-state index is 13.3. The standard InChI is InChI=1S/C33H45N5O6/c1-33(2,3)44-32(41)38-19-20-42-29(22-38)30(39)36(4)26-17-18-37(21-26)25-13-9-23(10-14-25)34-31(40)35-24-11-15-28(16-12-24)43-27-7-5-6-8-27/h9-16,26-27,29H,5-8,17-22H2,1-4H3,(H2,34,35,40). The number of nitrogens with zero attached hydrogens (tertiary/aromatic N) is 3. The molecule has 0 radical (unpaired) electrons. The summed E-state index contributed by atoms with van der Waals surface area (Å²) < 4.78 is 17.2. The summed E-state index contributed by atoms with van der Waals surface area (Å²) in [6, 6.07) is 14.8. The molecule has 2 heterocycles. The maximum Gasteiger partial charge on any atom is 0.410 e. The number of ether oxygens (including phenoxy) is 3. The minimum atomic E-state index is -0.713. The summed E-state index contributed by atoms with van der Waals surface area (Å²) in [6.45, 7) is 7.81. The van der Waals surface area contributed by atoms with Gasteiger partial charge in [-0.15, -0.1) is 0 Å². The van der Waals surface area contributed by atoms with E-state index in [0.29, 0.717) is 37.2 Å². The average molecular weight is 608 g/mol. The molecule has 44 heavy (non-hydrogen) atoms. The van der Waals surface area contributed by atoms with E-state index in [9.17, 15) is 14.4 Å². The number of carbonyl (C=O) groups is 3. The third-order valence-electron chi connectivity index (χ3n) is 8.26. The Kier molecular flexibility index (Phi) is 9.83. The monoisotopic (exact) mass is 607 g/mol. The van der Waals surface area contributed by atoms with Crippen molar-refractivity contribution in [2.75, 3.05) is 55.4 Å². The van der Waals surface area contributed by atoms with Crippen LogP contribution in [0.5, 0.6) is 5.75 Å². The lowest BCUT2D eigenvalue weighted by atomic mass is 10.2. The number of anilines is 3. The molecule has 2 atom stereocenters. The molecular formula is C33H45N5O6. The zero-order chi connectivity index (χ0) is 31.3. The lowest BCUT2D eigenvalue weighted by molar-refractivity contribution is -0.149. The molecule has 3 fully saturated rings. The number of hydrogen-bond acceptors (Lipinski definition) is 7. The number of carbonyl (C=O) groups excluding carboxylic acids is 3. The molecule has 0 bridgehead atoms. The Balaban J connectivity index is 1.07. The fourth-order valence-electron chi connectivity index (χ4n) is 5.86. The summed E-state index contributed by atoms with van der Waals surface area (Å²) in [5.74, 6) is 0.692. The van der Waals surface area contributed by atoms with Crippen LogP contribution in [0.2, 0.25) is 0 Å². The van der Waals surface area contributed by atoms with Gasteiger partial charge in [-0.3, -0.25) is 4.79 Å². The predicted molar refractivity (Wildman–Crippen MR) is 169 cm³/mol. The van der Waals surface area contributed by atoms with Crippen molar-refractivity contribution >= 4 is 35.1 Å². The van der Waals surface area contributed by atoms with Crippen molar-refractivity contribution in [1.82, 2.24) is 9.80 Å². The van der Waals surface area contributed by atoms with E-state index < -0.39 is 17.8 Å². The van der Waals surface area contributed by atoms with Gasteiger partial charge >= 0.3 is 12.1 Å². The van der Waals surface area contributed by atoms with Gasteiger partial charge in [-0.05, 0) is 101 Å². The number of amides is 4. The van der Waals surface area contributed by atoms with Gasteiger partial charge in [0.05, 0.1) is 25.3 Å². The van der Waals surface area contributed by atoms with Crippen molar-refractivity contribution in [3.05, 3.63) is 48.5 Å². The molecule has 0 spiro atoms.